The summed E-state index contributed by atoms with van der Waals surface area (Å²) in [6, 6.07) is 26.3. The van der Waals surface area contributed by atoms with Crippen LogP contribution in [0.4, 0.5) is 0 Å². The van der Waals surface area contributed by atoms with Gasteiger partial charge in [-0.2, -0.15) is 0 Å². The maximum atomic E-state index is 13.2. The molecule has 0 radical (unpaired) electrons. The summed E-state index contributed by atoms with van der Waals surface area (Å²) in [5.74, 6) is 1.45. The van der Waals surface area contributed by atoms with Gasteiger partial charge in [0, 0.05) is 13.0 Å². The molecule has 1 aliphatic carbocycles. The topological polar surface area (TPSA) is 95.5 Å². The molecule has 2 N–H and O–H groups in total. The largest absolute Gasteiger partial charge is 0.457 e. The van der Waals surface area contributed by atoms with E-state index in [4.69, 9.17) is 9.72 Å². The summed E-state index contributed by atoms with van der Waals surface area (Å²) >= 11 is 0. The number of aliphatic hydroxyl groups excluding tert-OH is 1. The number of carbonyl (C=O) groups excluding carboxylic acids is 1. The van der Waals surface area contributed by atoms with Crippen LogP contribution in [0.3, 0.4) is 0 Å². The number of benzene rings is 3. The number of hydrogen-bond acceptors (Lipinski definition) is 5. The molecule has 0 spiro atoms. The van der Waals surface area contributed by atoms with E-state index in [1.54, 1.807) is 24.3 Å². The van der Waals surface area contributed by atoms with E-state index in [1.165, 1.54) is 4.90 Å². The lowest BCUT2D eigenvalue weighted by atomic mass is 9.94. The van der Waals surface area contributed by atoms with Gasteiger partial charge in [-0.15, -0.1) is 0 Å². The third kappa shape index (κ3) is 4.42. The number of para-hydroxylation sites is 1. The molecule has 2 heterocycles. The molecular formula is C30H27N3O4. The van der Waals surface area contributed by atoms with Gasteiger partial charge in [0.15, 0.2) is 6.10 Å². The van der Waals surface area contributed by atoms with E-state index >= 15 is 0 Å². The molecule has 1 atom stereocenters. The lowest BCUT2D eigenvalue weighted by molar-refractivity contribution is -0.141. The molecule has 186 valence electrons. The summed E-state index contributed by atoms with van der Waals surface area (Å²) in [5.41, 5.74) is 2.37. The Morgan fingerprint density at radius 3 is 2.41 bits per heavy atom. The van der Waals surface area contributed by atoms with Crippen molar-refractivity contribution in [1.82, 2.24) is 14.9 Å². The lowest BCUT2D eigenvalue weighted by Crippen LogP contribution is -2.42. The summed E-state index contributed by atoms with van der Waals surface area (Å²) in [6.45, 7) is 0.504. The van der Waals surface area contributed by atoms with Gasteiger partial charge in [-0.25, -0.2) is 4.98 Å². The average molecular weight is 494 g/mol. The van der Waals surface area contributed by atoms with Crippen molar-refractivity contribution in [2.75, 3.05) is 6.54 Å². The summed E-state index contributed by atoms with van der Waals surface area (Å²) in [7, 11) is 0. The smallest absolute Gasteiger partial charge is 0.256 e. The van der Waals surface area contributed by atoms with E-state index in [-0.39, 0.29) is 17.5 Å². The third-order valence-electron chi connectivity index (χ3n) is 7.30. The number of amides is 1. The van der Waals surface area contributed by atoms with Gasteiger partial charge < -0.3 is 19.7 Å². The fourth-order valence-corrected chi connectivity index (χ4v) is 5.07. The number of aromatic amines is 1. The zero-order valence-electron chi connectivity index (χ0n) is 20.3. The van der Waals surface area contributed by atoms with Crippen LogP contribution >= 0.6 is 0 Å². The second-order valence-corrected chi connectivity index (χ2v) is 9.69. The number of H-pyrrole nitrogens is 1. The average Bonchev–Trinajstić information content (AvgIpc) is 3.76. The second kappa shape index (κ2) is 9.33. The minimum atomic E-state index is -1.36. The second-order valence-electron chi connectivity index (χ2n) is 9.69. The third-order valence-corrected chi connectivity index (χ3v) is 7.30. The first kappa shape index (κ1) is 23.2. The van der Waals surface area contributed by atoms with E-state index in [1.807, 2.05) is 48.5 Å². The van der Waals surface area contributed by atoms with E-state index in [0.717, 1.165) is 24.1 Å². The van der Waals surface area contributed by atoms with Crippen LogP contribution in [-0.2, 0) is 23.2 Å². The van der Waals surface area contributed by atoms with Crippen LogP contribution in [0.2, 0.25) is 0 Å². The van der Waals surface area contributed by atoms with E-state index < -0.39 is 12.0 Å². The van der Waals surface area contributed by atoms with Crippen molar-refractivity contribution in [1.29, 1.82) is 0 Å². The zero-order valence-corrected chi connectivity index (χ0v) is 20.3. The zero-order chi connectivity index (χ0) is 25.4. The number of nitrogens with one attached hydrogen (secondary N) is 1. The summed E-state index contributed by atoms with van der Waals surface area (Å²) < 4.78 is 5.84. The SMILES string of the molecule is O=C(C(O)c1cccc(Oc2ccccc2)c1)N1CCc2nc(C3(c4ccccc4)CC3)[nH]c(=O)c2C1. The van der Waals surface area contributed by atoms with Gasteiger partial charge >= 0.3 is 0 Å². The molecule has 1 saturated carbocycles. The molecule has 1 aromatic heterocycles. The van der Waals surface area contributed by atoms with Crippen molar-refractivity contribution in [3.8, 4) is 11.5 Å². The highest BCUT2D eigenvalue weighted by Crippen LogP contribution is 2.51. The summed E-state index contributed by atoms with van der Waals surface area (Å²) in [6.07, 6.45) is 0.998. The first-order valence-corrected chi connectivity index (χ1v) is 12.5. The van der Waals surface area contributed by atoms with Crippen LogP contribution in [0.5, 0.6) is 11.5 Å². The number of aromatic nitrogens is 2. The van der Waals surface area contributed by atoms with Gasteiger partial charge in [-0.05, 0) is 48.2 Å². The van der Waals surface area contributed by atoms with Gasteiger partial charge in [-0.3, -0.25) is 9.59 Å². The Hall–Kier alpha value is -4.23. The highest BCUT2D eigenvalue weighted by molar-refractivity contribution is 5.82. The molecule has 4 aromatic rings. The van der Waals surface area contributed by atoms with E-state index in [9.17, 15) is 14.7 Å². The highest BCUT2D eigenvalue weighted by Gasteiger charge is 2.48. The summed E-state index contributed by atoms with van der Waals surface area (Å²) in [5, 5.41) is 10.9. The van der Waals surface area contributed by atoms with Crippen molar-refractivity contribution in [2.24, 2.45) is 0 Å². The fraction of sp³-hybridized carbons (Fsp3) is 0.233. The molecule has 37 heavy (non-hydrogen) atoms. The molecule has 7 heteroatoms. The van der Waals surface area contributed by atoms with Crippen molar-refractivity contribution in [3.63, 3.8) is 0 Å². The monoisotopic (exact) mass is 493 g/mol. The Morgan fingerprint density at radius 1 is 0.973 bits per heavy atom. The predicted octanol–water partition coefficient (Wildman–Crippen LogP) is 4.26. The van der Waals surface area contributed by atoms with Gasteiger partial charge in [0.25, 0.3) is 11.5 Å². The Kier molecular flexibility index (Phi) is 5.85. The Morgan fingerprint density at radius 2 is 1.68 bits per heavy atom. The van der Waals surface area contributed by atoms with Crippen molar-refractivity contribution in [3.05, 3.63) is 123 Å². The van der Waals surface area contributed by atoms with Gasteiger partial charge in [0.05, 0.1) is 23.2 Å². The molecular weight excluding hydrogens is 466 g/mol. The van der Waals surface area contributed by atoms with Crippen LogP contribution in [-0.4, -0.2) is 32.4 Å². The number of fused-ring (bicyclic) bond motifs is 1. The van der Waals surface area contributed by atoms with Gasteiger partial charge in [0.1, 0.15) is 17.3 Å². The van der Waals surface area contributed by atoms with Crippen LogP contribution in [0, 0.1) is 0 Å². The van der Waals surface area contributed by atoms with Crippen molar-refractivity contribution in [2.45, 2.75) is 37.3 Å². The maximum absolute atomic E-state index is 13.2. The van der Waals surface area contributed by atoms with Gasteiger partial charge in [-0.1, -0.05) is 60.7 Å². The molecule has 1 fully saturated rings. The molecule has 7 nitrogen and oxygen atoms in total. The Bertz CT molecular complexity index is 1500. The maximum Gasteiger partial charge on any atom is 0.256 e. The highest BCUT2D eigenvalue weighted by atomic mass is 16.5. The summed E-state index contributed by atoms with van der Waals surface area (Å²) in [4.78, 5) is 35.7. The first-order chi connectivity index (χ1) is 18.0. The van der Waals surface area contributed by atoms with Crippen LogP contribution in [0.1, 0.15) is 47.2 Å². The first-order valence-electron chi connectivity index (χ1n) is 12.5. The minimum absolute atomic E-state index is 0.117. The van der Waals surface area contributed by atoms with Gasteiger partial charge in [0.2, 0.25) is 0 Å². The van der Waals surface area contributed by atoms with Crippen LogP contribution < -0.4 is 10.3 Å². The molecule has 6 rings (SSSR count). The molecule has 1 amide bonds. The number of hydrogen-bond donors (Lipinski definition) is 2. The minimum Gasteiger partial charge on any atom is -0.457 e. The number of carbonyl (C=O) groups is 1. The fourth-order valence-electron chi connectivity index (χ4n) is 5.07. The normalized spacial score (nSPS) is 16.5. The Balaban J connectivity index is 1.20. The van der Waals surface area contributed by atoms with Crippen LogP contribution in [0.25, 0.3) is 0 Å². The standard InChI is InChI=1S/C30H27N3O4/c34-26(20-8-7-13-23(18-20)37-22-11-5-2-6-12-22)28(36)33-17-14-25-24(19-33)27(35)32-29(31-25)30(15-16-30)21-9-3-1-4-10-21/h1-13,18,26,34H,14-17,19H2,(H,31,32,35). The molecule has 1 unspecified atom stereocenters. The number of aliphatic hydroxyl groups is 1. The van der Waals surface area contributed by atoms with Crippen LogP contribution in [0.15, 0.2) is 89.7 Å². The van der Waals surface area contributed by atoms with Crippen molar-refractivity contribution < 1.29 is 14.6 Å². The van der Waals surface area contributed by atoms with E-state index in [2.05, 4.69) is 17.1 Å². The quantitative estimate of drug-likeness (QED) is 0.419. The number of ether oxygens (including phenoxy) is 1. The molecule has 0 saturated heterocycles. The van der Waals surface area contributed by atoms with Crippen molar-refractivity contribution >= 4 is 5.91 Å². The molecule has 1 aliphatic heterocycles. The number of nitrogens with zero attached hydrogens (tertiary/aromatic N) is 2. The Labute approximate surface area is 214 Å². The predicted molar refractivity (Wildman–Crippen MR) is 138 cm³/mol. The lowest BCUT2D eigenvalue weighted by Gasteiger charge is -2.30. The molecule has 2 aliphatic rings. The number of rotatable bonds is 6. The van der Waals surface area contributed by atoms with E-state index in [0.29, 0.717) is 41.4 Å². The molecule has 0 bridgehead atoms. The molecule has 3 aromatic carbocycles.